The first-order valence-corrected chi connectivity index (χ1v) is 6.88. The molecule has 3 aromatic rings. The zero-order valence-corrected chi connectivity index (χ0v) is 11.2. The average Bonchev–Trinajstić information content (AvgIpc) is 2.48. The summed E-state index contributed by atoms with van der Waals surface area (Å²) < 4.78 is 2.00. The lowest BCUT2D eigenvalue weighted by Crippen LogP contribution is -2.29. The first kappa shape index (κ1) is 12.6. The highest BCUT2D eigenvalue weighted by Gasteiger charge is 2.08. The van der Waals surface area contributed by atoms with Gasteiger partial charge in [-0.25, -0.2) is 0 Å². The van der Waals surface area contributed by atoms with E-state index in [0.717, 1.165) is 4.73 Å². The van der Waals surface area contributed by atoms with E-state index in [1.807, 2.05) is 0 Å². The highest BCUT2D eigenvalue weighted by molar-refractivity contribution is 7.98. The Morgan fingerprint density at radius 3 is 2.85 bits per heavy atom. The van der Waals surface area contributed by atoms with Gasteiger partial charge in [-0.1, -0.05) is 17.3 Å². The zero-order valence-electron chi connectivity index (χ0n) is 10.3. The van der Waals surface area contributed by atoms with Crippen LogP contribution in [0, 0.1) is 5.21 Å². The lowest BCUT2D eigenvalue weighted by molar-refractivity contribution is -0.645. The van der Waals surface area contributed by atoms with Gasteiger partial charge < -0.3 is 5.21 Å². The second kappa shape index (κ2) is 5.30. The molecule has 7 heteroatoms. The Morgan fingerprint density at radius 2 is 2.00 bits per heavy atom. The maximum absolute atomic E-state index is 12.2. The molecule has 0 saturated carbocycles. The van der Waals surface area contributed by atoms with Crippen LogP contribution in [0.15, 0.2) is 58.5 Å². The summed E-state index contributed by atoms with van der Waals surface area (Å²) in [5, 5.41) is 20.4. The molecule has 0 fully saturated rings. The van der Waals surface area contributed by atoms with Crippen LogP contribution in [0.1, 0.15) is 0 Å². The van der Waals surface area contributed by atoms with E-state index in [2.05, 4.69) is 10.3 Å². The maximum Gasteiger partial charge on any atom is 0.278 e. The minimum absolute atomic E-state index is 0.212. The van der Waals surface area contributed by atoms with Gasteiger partial charge in [0.2, 0.25) is 0 Å². The SMILES string of the molecule is O=c1c2ccccc2nnn1CSc1cccc[n+]1[O-]. The van der Waals surface area contributed by atoms with Crippen LogP contribution < -0.4 is 10.3 Å². The molecule has 0 radical (unpaired) electrons. The van der Waals surface area contributed by atoms with Crippen LogP contribution >= 0.6 is 11.8 Å². The Labute approximate surface area is 118 Å². The average molecular weight is 286 g/mol. The fraction of sp³-hybridized carbons (Fsp3) is 0.0769. The fourth-order valence-corrected chi connectivity index (χ4v) is 2.55. The molecule has 0 amide bonds. The third-order valence-electron chi connectivity index (χ3n) is 2.75. The van der Waals surface area contributed by atoms with E-state index in [1.165, 1.54) is 22.6 Å². The first-order valence-electron chi connectivity index (χ1n) is 5.89. The number of benzene rings is 1. The summed E-state index contributed by atoms with van der Waals surface area (Å²) in [5.41, 5.74) is 0.355. The number of nitrogens with zero attached hydrogens (tertiary/aromatic N) is 4. The molecule has 0 unspecified atom stereocenters. The predicted molar refractivity (Wildman–Crippen MR) is 75.1 cm³/mol. The van der Waals surface area contributed by atoms with E-state index in [9.17, 15) is 10.0 Å². The second-order valence-corrected chi connectivity index (χ2v) is 5.01. The largest absolute Gasteiger partial charge is 0.618 e. The molecule has 0 bridgehead atoms. The van der Waals surface area contributed by atoms with Gasteiger partial charge in [-0.3, -0.25) is 4.79 Å². The number of pyridine rings is 1. The fourth-order valence-electron chi connectivity index (χ4n) is 1.76. The van der Waals surface area contributed by atoms with Crippen LogP contribution in [0.3, 0.4) is 0 Å². The van der Waals surface area contributed by atoms with E-state index in [0.29, 0.717) is 15.9 Å². The molecule has 100 valence electrons. The van der Waals surface area contributed by atoms with E-state index in [1.54, 1.807) is 42.5 Å². The van der Waals surface area contributed by atoms with Crippen LogP contribution in [0.2, 0.25) is 0 Å². The van der Waals surface area contributed by atoms with Crippen molar-refractivity contribution in [1.29, 1.82) is 0 Å². The first-order chi connectivity index (χ1) is 9.75. The van der Waals surface area contributed by atoms with Gasteiger partial charge in [-0.2, -0.15) is 9.41 Å². The highest BCUT2D eigenvalue weighted by Crippen LogP contribution is 2.14. The van der Waals surface area contributed by atoms with E-state index < -0.39 is 0 Å². The molecule has 0 spiro atoms. The molecule has 0 N–H and O–H groups in total. The Hall–Kier alpha value is -2.41. The molecular formula is C13H10N4O2S. The number of hydrogen-bond donors (Lipinski definition) is 0. The molecule has 2 heterocycles. The second-order valence-electron chi connectivity index (χ2n) is 4.05. The van der Waals surface area contributed by atoms with Crippen molar-refractivity contribution in [3.8, 4) is 0 Å². The molecule has 0 saturated heterocycles. The summed E-state index contributed by atoms with van der Waals surface area (Å²) in [5.74, 6) is 0.239. The molecule has 6 nitrogen and oxygen atoms in total. The van der Waals surface area contributed by atoms with E-state index >= 15 is 0 Å². The summed E-state index contributed by atoms with van der Waals surface area (Å²) in [6.07, 6.45) is 1.41. The maximum atomic E-state index is 12.2. The molecule has 20 heavy (non-hydrogen) atoms. The van der Waals surface area contributed by atoms with Crippen LogP contribution in [0.25, 0.3) is 10.9 Å². The zero-order chi connectivity index (χ0) is 13.9. The van der Waals surface area contributed by atoms with E-state index in [-0.39, 0.29) is 11.4 Å². The minimum Gasteiger partial charge on any atom is -0.618 e. The number of fused-ring (bicyclic) bond motifs is 1. The number of thioether (sulfide) groups is 1. The van der Waals surface area contributed by atoms with Gasteiger partial charge in [-0.05, 0) is 30.0 Å². The van der Waals surface area contributed by atoms with Crippen LogP contribution in [-0.4, -0.2) is 15.0 Å². The Balaban J connectivity index is 1.90. The quantitative estimate of drug-likeness (QED) is 0.410. The van der Waals surface area contributed by atoms with Crippen LogP contribution in [0.5, 0.6) is 0 Å². The monoisotopic (exact) mass is 286 g/mol. The summed E-state index contributed by atoms with van der Waals surface area (Å²) in [4.78, 5) is 12.2. The van der Waals surface area contributed by atoms with Crippen molar-refractivity contribution in [1.82, 2.24) is 15.0 Å². The topological polar surface area (TPSA) is 74.7 Å². The lowest BCUT2D eigenvalue weighted by Gasteiger charge is -2.05. The van der Waals surface area contributed by atoms with Gasteiger partial charge in [0.25, 0.3) is 10.6 Å². The number of rotatable bonds is 3. The molecular weight excluding hydrogens is 276 g/mol. The van der Waals surface area contributed by atoms with Gasteiger partial charge in [0.15, 0.2) is 6.20 Å². The Kier molecular flexibility index (Phi) is 3.34. The van der Waals surface area contributed by atoms with Gasteiger partial charge in [0.05, 0.1) is 5.39 Å². The molecule has 0 aliphatic rings. The molecule has 0 aliphatic heterocycles. The van der Waals surface area contributed by atoms with Gasteiger partial charge in [0.1, 0.15) is 11.4 Å². The summed E-state index contributed by atoms with van der Waals surface area (Å²) >= 11 is 1.23. The molecule has 3 rings (SSSR count). The van der Waals surface area contributed by atoms with Crippen LogP contribution in [0.4, 0.5) is 0 Å². The van der Waals surface area contributed by atoms with Crippen molar-refractivity contribution in [3.05, 3.63) is 64.2 Å². The predicted octanol–water partition coefficient (Wildman–Crippen LogP) is 1.17. The van der Waals surface area contributed by atoms with Crippen molar-refractivity contribution in [3.63, 3.8) is 0 Å². The number of hydrogen-bond acceptors (Lipinski definition) is 5. The van der Waals surface area contributed by atoms with Crippen LogP contribution in [-0.2, 0) is 5.88 Å². The molecule has 2 aromatic heterocycles. The molecule has 0 aliphatic carbocycles. The summed E-state index contributed by atoms with van der Waals surface area (Å²) in [7, 11) is 0. The van der Waals surface area contributed by atoms with Gasteiger partial charge >= 0.3 is 0 Å². The van der Waals surface area contributed by atoms with Crippen molar-refractivity contribution in [2.45, 2.75) is 10.9 Å². The normalized spacial score (nSPS) is 10.8. The summed E-state index contributed by atoms with van der Waals surface area (Å²) in [6, 6.07) is 12.2. The lowest BCUT2D eigenvalue weighted by atomic mass is 10.2. The van der Waals surface area contributed by atoms with E-state index in [4.69, 9.17) is 0 Å². The van der Waals surface area contributed by atoms with Crippen molar-refractivity contribution in [2.75, 3.05) is 0 Å². The third-order valence-corrected chi connectivity index (χ3v) is 3.74. The molecule has 0 atom stereocenters. The van der Waals surface area contributed by atoms with Gasteiger partial charge in [0, 0.05) is 12.1 Å². The van der Waals surface area contributed by atoms with Crippen molar-refractivity contribution >= 4 is 22.7 Å². The standard InChI is InChI=1S/C13H10N4O2S/c18-13-10-5-1-2-6-11(10)14-15-16(13)9-20-12-7-3-4-8-17(12)19/h1-8H,9H2. The van der Waals surface area contributed by atoms with Crippen molar-refractivity contribution in [2.24, 2.45) is 0 Å². The summed E-state index contributed by atoms with van der Waals surface area (Å²) in [6.45, 7) is 0. The number of aromatic nitrogens is 4. The minimum atomic E-state index is -0.212. The highest BCUT2D eigenvalue weighted by atomic mass is 32.2. The Bertz CT molecular complexity index is 819. The smallest absolute Gasteiger partial charge is 0.278 e. The Morgan fingerprint density at radius 1 is 1.20 bits per heavy atom. The molecule has 1 aromatic carbocycles. The van der Waals surface area contributed by atoms with Crippen molar-refractivity contribution < 1.29 is 4.73 Å². The van der Waals surface area contributed by atoms with Gasteiger partial charge in [-0.15, -0.1) is 5.10 Å². The third kappa shape index (κ3) is 2.35.